The van der Waals surface area contributed by atoms with E-state index < -0.39 is 10.0 Å². The molecule has 24 heavy (non-hydrogen) atoms. The molecule has 0 fully saturated rings. The zero-order chi connectivity index (χ0) is 17.2. The van der Waals surface area contributed by atoms with Gasteiger partial charge in [0.2, 0.25) is 10.0 Å². The molecule has 0 aliphatic heterocycles. The van der Waals surface area contributed by atoms with E-state index in [-0.39, 0.29) is 5.75 Å². The molecule has 0 saturated carbocycles. The summed E-state index contributed by atoms with van der Waals surface area (Å²) < 4.78 is 27.1. The van der Waals surface area contributed by atoms with Gasteiger partial charge in [-0.3, -0.25) is 4.72 Å². The summed E-state index contributed by atoms with van der Waals surface area (Å²) in [4.78, 5) is 4.42. The smallest absolute Gasteiger partial charge is 0.236 e. The van der Waals surface area contributed by atoms with Crippen LogP contribution >= 0.6 is 22.9 Å². The molecular weight excluding hydrogens is 364 g/mol. The van der Waals surface area contributed by atoms with Crippen LogP contribution in [0.15, 0.2) is 53.9 Å². The third-order valence-corrected chi connectivity index (χ3v) is 5.63. The van der Waals surface area contributed by atoms with E-state index in [1.165, 1.54) is 0 Å². The number of rotatable bonds is 5. The van der Waals surface area contributed by atoms with Gasteiger partial charge in [-0.2, -0.15) is 0 Å². The number of aryl methyl sites for hydroxylation is 1. The lowest BCUT2D eigenvalue weighted by atomic mass is 10.1. The Kier molecular flexibility index (Phi) is 4.89. The van der Waals surface area contributed by atoms with Crippen molar-refractivity contribution in [2.75, 3.05) is 4.72 Å². The van der Waals surface area contributed by atoms with Crippen LogP contribution in [0.2, 0.25) is 5.02 Å². The van der Waals surface area contributed by atoms with Gasteiger partial charge < -0.3 is 0 Å². The molecule has 0 aliphatic rings. The Bertz CT molecular complexity index is 933. The number of halogens is 1. The average Bonchev–Trinajstić information content (AvgIpc) is 2.96. The summed E-state index contributed by atoms with van der Waals surface area (Å²) in [5.74, 6) is -0.1000. The quantitative estimate of drug-likeness (QED) is 0.699. The highest BCUT2D eigenvalue weighted by Gasteiger charge is 2.12. The molecule has 0 aliphatic carbocycles. The highest BCUT2D eigenvalue weighted by atomic mass is 35.5. The molecule has 7 heteroatoms. The van der Waals surface area contributed by atoms with E-state index in [0.29, 0.717) is 16.3 Å². The predicted octanol–water partition coefficient (Wildman–Crippen LogP) is 4.71. The van der Waals surface area contributed by atoms with Gasteiger partial charge in [-0.15, -0.1) is 11.3 Å². The van der Waals surface area contributed by atoms with Gasteiger partial charge in [0, 0.05) is 21.7 Å². The van der Waals surface area contributed by atoms with Crippen LogP contribution in [0.4, 0.5) is 5.69 Å². The zero-order valence-corrected chi connectivity index (χ0v) is 15.3. The van der Waals surface area contributed by atoms with Gasteiger partial charge >= 0.3 is 0 Å². The van der Waals surface area contributed by atoms with Crippen LogP contribution in [-0.4, -0.2) is 13.4 Å². The lowest BCUT2D eigenvalue weighted by molar-refractivity contribution is 0.600. The Morgan fingerprint density at radius 1 is 1.08 bits per heavy atom. The molecule has 0 unspecified atom stereocenters. The molecule has 1 heterocycles. The lowest BCUT2D eigenvalue weighted by Crippen LogP contribution is -2.14. The topological polar surface area (TPSA) is 59.1 Å². The van der Waals surface area contributed by atoms with Gasteiger partial charge in [0.1, 0.15) is 0 Å². The number of benzene rings is 2. The normalized spacial score (nSPS) is 11.4. The van der Waals surface area contributed by atoms with E-state index in [1.807, 2.05) is 24.4 Å². The maximum absolute atomic E-state index is 12.3. The van der Waals surface area contributed by atoms with Crippen molar-refractivity contribution in [3.8, 4) is 11.3 Å². The monoisotopic (exact) mass is 378 g/mol. The van der Waals surface area contributed by atoms with Gasteiger partial charge in [0.25, 0.3) is 0 Å². The molecule has 0 radical (unpaired) electrons. The molecule has 0 saturated heterocycles. The molecule has 124 valence electrons. The van der Waals surface area contributed by atoms with Gasteiger partial charge in [-0.05, 0) is 36.8 Å². The van der Waals surface area contributed by atoms with E-state index in [9.17, 15) is 8.42 Å². The van der Waals surface area contributed by atoms with Gasteiger partial charge in [0.15, 0.2) is 0 Å². The summed E-state index contributed by atoms with van der Waals surface area (Å²) >= 11 is 7.39. The minimum absolute atomic E-state index is 0.1000. The minimum Gasteiger partial charge on any atom is -0.283 e. The first-order valence-corrected chi connectivity index (χ1v) is 10.1. The molecule has 1 N–H and O–H groups in total. The standard InChI is InChI=1S/C17H15ClN2O2S2/c1-12-19-17(10-23-12)14-4-8-16(9-5-14)20-24(21,22)11-13-2-6-15(18)7-3-13/h2-10,20H,11H2,1H3. The van der Waals surface area contributed by atoms with Crippen LogP contribution < -0.4 is 4.72 Å². The fourth-order valence-corrected chi connectivity index (χ4v) is 4.17. The van der Waals surface area contributed by atoms with Crippen molar-refractivity contribution in [2.45, 2.75) is 12.7 Å². The maximum atomic E-state index is 12.3. The number of nitrogens with zero attached hydrogens (tertiary/aromatic N) is 1. The Morgan fingerprint density at radius 2 is 1.75 bits per heavy atom. The number of aromatic nitrogens is 1. The van der Waals surface area contributed by atoms with Crippen molar-refractivity contribution in [2.24, 2.45) is 0 Å². The van der Waals surface area contributed by atoms with Gasteiger partial charge in [-0.25, -0.2) is 13.4 Å². The Hall–Kier alpha value is -1.89. The van der Waals surface area contributed by atoms with Crippen LogP contribution in [0.3, 0.4) is 0 Å². The first-order valence-electron chi connectivity index (χ1n) is 7.19. The summed E-state index contributed by atoms with van der Waals surface area (Å²) in [6.07, 6.45) is 0. The van der Waals surface area contributed by atoms with Crippen LogP contribution in [0.5, 0.6) is 0 Å². The van der Waals surface area contributed by atoms with Crippen molar-refractivity contribution in [3.63, 3.8) is 0 Å². The van der Waals surface area contributed by atoms with Crippen molar-refractivity contribution in [1.82, 2.24) is 4.98 Å². The van der Waals surface area contributed by atoms with Crippen molar-refractivity contribution in [1.29, 1.82) is 0 Å². The first-order chi connectivity index (χ1) is 11.4. The third kappa shape index (κ3) is 4.35. The molecule has 3 rings (SSSR count). The maximum Gasteiger partial charge on any atom is 0.236 e. The third-order valence-electron chi connectivity index (χ3n) is 3.34. The SMILES string of the molecule is Cc1nc(-c2ccc(NS(=O)(=O)Cc3ccc(Cl)cc3)cc2)cs1. The molecule has 0 amide bonds. The van der Waals surface area contributed by atoms with Crippen LogP contribution in [-0.2, 0) is 15.8 Å². The molecule has 0 spiro atoms. The van der Waals surface area contributed by atoms with Gasteiger partial charge in [-0.1, -0.05) is 35.9 Å². The Balaban J connectivity index is 1.71. The van der Waals surface area contributed by atoms with E-state index in [0.717, 1.165) is 16.3 Å². The summed E-state index contributed by atoms with van der Waals surface area (Å²) in [6, 6.07) is 14.0. The molecule has 2 aromatic carbocycles. The molecule has 1 aromatic heterocycles. The molecule has 0 bridgehead atoms. The van der Waals surface area contributed by atoms with Crippen LogP contribution in [0.25, 0.3) is 11.3 Å². The summed E-state index contributed by atoms with van der Waals surface area (Å²) in [5, 5.41) is 3.56. The van der Waals surface area contributed by atoms with Gasteiger partial charge in [0.05, 0.1) is 16.5 Å². The fourth-order valence-electron chi connectivity index (χ4n) is 2.22. The second kappa shape index (κ2) is 6.93. The number of sulfonamides is 1. The Morgan fingerprint density at radius 3 is 2.33 bits per heavy atom. The number of anilines is 1. The summed E-state index contributed by atoms with van der Waals surface area (Å²) in [7, 11) is -3.48. The van der Waals surface area contributed by atoms with Crippen LogP contribution in [0.1, 0.15) is 10.6 Å². The van der Waals surface area contributed by atoms with E-state index in [2.05, 4.69) is 9.71 Å². The molecule has 3 aromatic rings. The highest BCUT2D eigenvalue weighted by Crippen LogP contribution is 2.23. The number of hydrogen-bond acceptors (Lipinski definition) is 4. The number of nitrogens with one attached hydrogen (secondary N) is 1. The lowest BCUT2D eigenvalue weighted by Gasteiger charge is -2.09. The molecule has 4 nitrogen and oxygen atoms in total. The van der Waals surface area contributed by atoms with E-state index >= 15 is 0 Å². The number of thiazole rings is 1. The molecule has 0 atom stereocenters. The number of hydrogen-bond donors (Lipinski definition) is 1. The average molecular weight is 379 g/mol. The summed E-state index contributed by atoms with van der Waals surface area (Å²) in [6.45, 7) is 1.95. The minimum atomic E-state index is -3.48. The summed E-state index contributed by atoms with van der Waals surface area (Å²) in [5.41, 5.74) is 3.06. The van der Waals surface area contributed by atoms with Crippen molar-refractivity contribution < 1.29 is 8.42 Å². The fraction of sp³-hybridized carbons (Fsp3) is 0.118. The molecular formula is C17H15ClN2O2S2. The predicted molar refractivity (Wildman–Crippen MR) is 100.0 cm³/mol. The zero-order valence-electron chi connectivity index (χ0n) is 12.9. The second-order valence-corrected chi connectivity index (χ2v) is 8.54. The Labute approximate surface area is 150 Å². The van der Waals surface area contributed by atoms with Crippen molar-refractivity contribution >= 4 is 38.6 Å². The second-order valence-electron chi connectivity index (χ2n) is 5.32. The van der Waals surface area contributed by atoms with Crippen molar-refractivity contribution in [3.05, 3.63) is 69.5 Å². The largest absolute Gasteiger partial charge is 0.283 e. The highest BCUT2D eigenvalue weighted by molar-refractivity contribution is 7.91. The first kappa shape index (κ1) is 17.0. The van der Waals surface area contributed by atoms with E-state index in [1.54, 1.807) is 47.7 Å². The van der Waals surface area contributed by atoms with Crippen LogP contribution in [0, 0.1) is 6.92 Å². The van der Waals surface area contributed by atoms with E-state index in [4.69, 9.17) is 11.6 Å².